The third-order valence-electron chi connectivity index (χ3n) is 3.44. The fourth-order valence-corrected chi connectivity index (χ4v) is 2.35. The van der Waals surface area contributed by atoms with Crippen LogP contribution in [0.2, 0.25) is 0 Å². The van der Waals surface area contributed by atoms with Gasteiger partial charge >= 0.3 is 0 Å². The van der Waals surface area contributed by atoms with Crippen LogP contribution >= 0.6 is 0 Å². The summed E-state index contributed by atoms with van der Waals surface area (Å²) in [6.07, 6.45) is 4.64. The van der Waals surface area contributed by atoms with Crippen molar-refractivity contribution in [2.75, 3.05) is 13.7 Å². The molecule has 6 heteroatoms. The third kappa shape index (κ3) is 3.78. The van der Waals surface area contributed by atoms with E-state index >= 15 is 0 Å². The zero-order valence-electron chi connectivity index (χ0n) is 11.1. The molecule has 1 aliphatic carbocycles. The molecule has 1 aliphatic rings. The largest absolute Gasteiger partial charge is 0.388 e. The van der Waals surface area contributed by atoms with Gasteiger partial charge in [0.25, 0.3) is 5.91 Å². The van der Waals surface area contributed by atoms with Gasteiger partial charge in [0, 0.05) is 19.7 Å². The minimum atomic E-state index is -0.771. The van der Waals surface area contributed by atoms with Crippen LogP contribution < -0.4 is 5.32 Å². The van der Waals surface area contributed by atoms with E-state index in [1.165, 1.54) is 0 Å². The maximum Gasteiger partial charge on any atom is 0.273 e. The minimum Gasteiger partial charge on any atom is -0.388 e. The van der Waals surface area contributed by atoms with Gasteiger partial charge in [-0.3, -0.25) is 4.79 Å². The quantitative estimate of drug-likeness (QED) is 0.839. The minimum absolute atomic E-state index is 0.214. The van der Waals surface area contributed by atoms with E-state index in [0.717, 1.165) is 32.1 Å². The topological polar surface area (TPSA) is 84.6 Å². The fraction of sp³-hybridized carbons (Fsp3) is 0.692. The van der Waals surface area contributed by atoms with E-state index in [9.17, 15) is 9.90 Å². The van der Waals surface area contributed by atoms with Gasteiger partial charge in [-0.25, -0.2) is 0 Å². The summed E-state index contributed by atoms with van der Waals surface area (Å²) in [4.78, 5) is 11.9. The van der Waals surface area contributed by atoms with Crippen LogP contribution in [0, 0.1) is 0 Å². The average Bonchev–Trinajstić information content (AvgIpc) is 2.86. The molecule has 0 saturated heterocycles. The summed E-state index contributed by atoms with van der Waals surface area (Å²) in [5, 5.41) is 16.7. The highest BCUT2D eigenvalue weighted by atomic mass is 16.5. The van der Waals surface area contributed by atoms with E-state index in [2.05, 4.69) is 10.5 Å². The number of methoxy groups -OCH3 is 1. The molecule has 0 unspecified atom stereocenters. The first-order chi connectivity index (χ1) is 9.13. The van der Waals surface area contributed by atoms with Gasteiger partial charge in [-0.15, -0.1) is 0 Å². The maximum absolute atomic E-state index is 11.9. The number of carbonyl (C=O) groups excluding carboxylic acids is 1. The van der Waals surface area contributed by atoms with Crippen molar-refractivity contribution >= 4 is 5.91 Å². The van der Waals surface area contributed by atoms with Crippen molar-refractivity contribution in [3.63, 3.8) is 0 Å². The van der Waals surface area contributed by atoms with Crippen LogP contribution in [0.15, 0.2) is 10.6 Å². The second-order valence-corrected chi connectivity index (χ2v) is 5.08. The van der Waals surface area contributed by atoms with Crippen LogP contribution in [0.1, 0.15) is 48.4 Å². The standard InChI is InChI=1S/C13H20N2O4/c1-18-8-10-7-11(15-19-10)12(16)14-9-13(17)5-3-2-4-6-13/h7,17H,2-6,8-9H2,1H3,(H,14,16). The van der Waals surface area contributed by atoms with Crippen LogP contribution in [-0.4, -0.2) is 35.4 Å². The van der Waals surface area contributed by atoms with Crippen LogP contribution in [0.4, 0.5) is 0 Å². The molecule has 1 aromatic heterocycles. The number of nitrogens with zero attached hydrogens (tertiary/aromatic N) is 1. The average molecular weight is 268 g/mol. The molecule has 2 N–H and O–H groups in total. The zero-order valence-corrected chi connectivity index (χ0v) is 11.1. The molecule has 0 radical (unpaired) electrons. The van der Waals surface area contributed by atoms with Gasteiger partial charge in [-0.1, -0.05) is 24.4 Å². The summed E-state index contributed by atoms with van der Waals surface area (Å²) < 4.78 is 9.83. The van der Waals surface area contributed by atoms with E-state index in [-0.39, 0.29) is 24.8 Å². The molecule has 19 heavy (non-hydrogen) atoms. The highest BCUT2D eigenvalue weighted by Crippen LogP contribution is 2.27. The van der Waals surface area contributed by atoms with Crippen LogP contribution in [-0.2, 0) is 11.3 Å². The van der Waals surface area contributed by atoms with Gasteiger partial charge in [-0.2, -0.15) is 0 Å². The maximum atomic E-state index is 11.9. The van der Waals surface area contributed by atoms with Gasteiger partial charge in [-0.05, 0) is 12.8 Å². The predicted octanol–water partition coefficient (Wildman–Crippen LogP) is 1.25. The second-order valence-electron chi connectivity index (χ2n) is 5.08. The van der Waals surface area contributed by atoms with Crippen molar-refractivity contribution < 1.29 is 19.2 Å². The first-order valence-corrected chi connectivity index (χ1v) is 6.58. The number of ether oxygens (including phenoxy) is 1. The Morgan fingerprint density at radius 2 is 2.26 bits per heavy atom. The first-order valence-electron chi connectivity index (χ1n) is 6.58. The third-order valence-corrected chi connectivity index (χ3v) is 3.44. The number of aromatic nitrogens is 1. The monoisotopic (exact) mass is 268 g/mol. The van der Waals surface area contributed by atoms with Crippen molar-refractivity contribution in [3.05, 3.63) is 17.5 Å². The Labute approximate surface area is 112 Å². The lowest BCUT2D eigenvalue weighted by Crippen LogP contribution is -2.44. The molecule has 0 atom stereocenters. The number of hydrogen-bond acceptors (Lipinski definition) is 5. The molecule has 106 valence electrons. The number of rotatable bonds is 5. The zero-order chi connectivity index (χ0) is 13.7. The van der Waals surface area contributed by atoms with Crippen molar-refractivity contribution in [1.82, 2.24) is 10.5 Å². The molecule has 1 amide bonds. The summed E-state index contributed by atoms with van der Waals surface area (Å²) in [5.41, 5.74) is -0.557. The Hall–Kier alpha value is -1.40. The Bertz CT molecular complexity index is 424. The van der Waals surface area contributed by atoms with E-state index in [1.54, 1.807) is 13.2 Å². The number of carbonyl (C=O) groups is 1. The summed E-state index contributed by atoms with van der Waals surface area (Å²) in [6.45, 7) is 0.544. The normalized spacial score (nSPS) is 18.2. The second kappa shape index (κ2) is 6.16. The van der Waals surface area contributed by atoms with Gasteiger partial charge in [0.1, 0.15) is 6.61 Å². The lowest BCUT2D eigenvalue weighted by Gasteiger charge is -2.31. The Kier molecular flexibility index (Phi) is 4.55. The predicted molar refractivity (Wildman–Crippen MR) is 67.6 cm³/mol. The number of amides is 1. The molecule has 1 heterocycles. The lowest BCUT2D eigenvalue weighted by molar-refractivity contribution is 0.00517. The van der Waals surface area contributed by atoms with Crippen molar-refractivity contribution in [1.29, 1.82) is 0 Å². The van der Waals surface area contributed by atoms with Gasteiger partial charge in [0.2, 0.25) is 0 Å². The smallest absolute Gasteiger partial charge is 0.273 e. The van der Waals surface area contributed by atoms with Crippen LogP contribution in [0.25, 0.3) is 0 Å². The van der Waals surface area contributed by atoms with Gasteiger partial charge < -0.3 is 19.7 Å². The van der Waals surface area contributed by atoms with Crippen LogP contribution in [0.3, 0.4) is 0 Å². The van der Waals surface area contributed by atoms with Crippen molar-refractivity contribution in [3.8, 4) is 0 Å². The Balaban J connectivity index is 1.86. The molecule has 0 bridgehead atoms. The number of aliphatic hydroxyl groups is 1. The highest BCUT2D eigenvalue weighted by Gasteiger charge is 2.29. The Morgan fingerprint density at radius 3 is 2.95 bits per heavy atom. The van der Waals surface area contributed by atoms with Gasteiger partial charge in [0.05, 0.1) is 5.60 Å². The van der Waals surface area contributed by atoms with Gasteiger partial charge in [0.15, 0.2) is 11.5 Å². The molecule has 1 aromatic rings. The molecule has 0 aliphatic heterocycles. The molecule has 6 nitrogen and oxygen atoms in total. The molecule has 0 aromatic carbocycles. The highest BCUT2D eigenvalue weighted by molar-refractivity contribution is 5.92. The molecule has 1 fully saturated rings. The summed E-state index contributed by atoms with van der Waals surface area (Å²) >= 11 is 0. The number of nitrogens with one attached hydrogen (secondary N) is 1. The van der Waals surface area contributed by atoms with Crippen LogP contribution in [0.5, 0.6) is 0 Å². The lowest BCUT2D eigenvalue weighted by atomic mass is 9.85. The van der Waals surface area contributed by atoms with E-state index in [1.807, 2.05) is 0 Å². The summed E-state index contributed by atoms with van der Waals surface area (Å²) in [5.74, 6) is 0.175. The van der Waals surface area contributed by atoms with Crippen molar-refractivity contribution in [2.45, 2.75) is 44.3 Å². The number of hydrogen-bond donors (Lipinski definition) is 2. The summed E-state index contributed by atoms with van der Waals surface area (Å²) in [6, 6.07) is 1.55. The van der Waals surface area contributed by atoms with E-state index < -0.39 is 5.60 Å². The van der Waals surface area contributed by atoms with Crippen molar-refractivity contribution in [2.24, 2.45) is 0 Å². The van der Waals surface area contributed by atoms with E-state index in [0.29, 0.717) is 5.76 Å². The van der Waals surface area contributed by atoms with E-state index in [4.69, 9.17) is 9.26 Å². The molecule has 2 rings (SSSR count). The first kappa shape index (κ1) is 14.0. The SMILES string of the molecule is COCc1cc(C(=O)NCC2(O)CCCCC2)no1. The molecule has 1 saturated carbocycles. The molecular formula is C13H20N2O4. The Morgan fingerprint density at radius 1 is 1.53 bits per heavy atom. The summed E-state index contributed by atoms with van der Waals surface area (Å²) in [7, 11) is 1.54. The molecular weight excluding hydrogens is 248 g/mol. The fourth-order valence-electron chi connectivity index (χ4n) is 2.35. The molecule has 0 spiro atoms.